The second kappa shape index (κ2) is 32.6. The number of likely N-dealkylation sites (N-methyl/N-ethyl adjacent to an activating group) is 1. The zero-order valence-corrected chi connectivity index (χ0v) is 33.3. The number of nitrogens with zero attached hydrogens (tertiary/aromatic N) is 1. The Bertz CT molecular complexity index is 860. The third kappa shape index (κ3) is 36.3. The molecule has 0 aliphatic carbocycles. The molecule has 0 radical (unpaired) electrons. The predicted octanol–water partition coefficient (Wildman–Crippen LogP) is 10.6. The number of allylic oxidation sites excluding steroid dienone is 2. The zero-order valence-electron chi connectivity index (χ0n) is 32.4. The van der Waals surface area contributed by atoms with Crippen molar-refractivity contribution in [2.24, 2.45) is 0 Å². The molecule has 290 valence electrons. The molecule has 0 aromatic rings. The Balaban J connectivity index is 4.42. The van der Waals surface area contributed by atoms with Crippen LogP contribution in [0.25, 0.3) is 0 Å². The number of phosphoric acid groups is 1. The molecule has 0 bridgehead atoms. The SMILES string of the molecule is CCCCCCC/C=C/CCCCCCCC(=O)O[C@@H](COC(=O)CCCCCCCCCCCCC)COP(=O)(O)OCC[N+](C)(C)C. The number of esters is 2. The van der Waals surface area contributed by atoms with Crippen molar-refractivity contribution in [3.63, 3.8) is 0 Å². The lowest BCUT2D eigenvalue weighted by molar-refractivity contribution is -0.870. The topological polar surface area (TPSA) is 108 Å². The molecule has 0 amide bonds. The summed E-state index contributed by atoms with van der Waals surface area (Å²) in [4.78, 5) is 35.2. The van der Waals surface area contributed by atoms with E-state index in [1.54, 1.807) is 0 Å². The molecule has 0 aromatic carbocycles. The third-order valence-electron chi connectivity index (χ3n) is 8.55. The van der Waals surface area contributed by atoms with Crippen molar-refractivity contribution in [1.82, 2.24) is 0 Å². The third-order valence-corrected chi connectivity index (χ3v) is 9.53. The van der Waals surface area contributed by atoms with Crippen LogP contribution >= 0.6 is 7.82 Å². The van der Waals surface area contributed by atoms with Crippen molar-refractivity contribution in [2.45, 2.75) is 180 Å². The van der Waals surface area contributed by atoms with Crippen molar-refractivity contribution in [1.29, 1.82) is 0 Å². The highest BCUT2D eigenvalue weighted by atomic mass is 31.2. The number of quaternary nitrogens is 1. The largest absolute Gasteiger partial charge is 0.472 e. The van der Waals surface area contributed by atoms with Crippen molar-refractivity contribution >= 4 is 19.8 Å². The average Bonchev–Trinajstić information content (AvgIpc) is 3.04. The fraction of sp³-hybridized carbons (Fsp3) is 0.897. The molecule has 0 saturated carbocycles. The highest BCUT2D eigenvalue weighted by molar-refractivity contribution is 7.47. The maximum atomic E-state index is 12.6. The number of unbranched alkanes of at least 4 members (excludes halogenated alkanes) is 20. The van der Waals surface area contributed by atoms with Crippen LogP contribution in [0.15, 0.2) is 12.2 Å². The maximum Gasteiger partial charge on any atom is 0.472 e. The Kier molecular flexibility index (Phi) is 31.8. The Labute approximate surface area is 301 Å². The summed E-state index contributed by atoms with van der Waals surface area (Å²) in [5, 5.41) is 0. The molecule has 49 heavy (non-hydrogen) atoms. The number of hydrogen-bond donors (Lipinski definition) is 1. The number of carbonyl (C=O) groups is 2. The highest BCUT2D eigenvalue weighted by Gasteiger charge is 2.27. The van der Waals surface area contributed by atoms with E-state index < -0.39 is 26.5 Å². The van der Waals surface area contributed by atoms with Crippen LogP contribution in [0.3, 0.4) is 0 Å². The van der Waals surface area contributed by atoms with E-state index in [0.29, 0.717) is 23.9 Å². The van der Waals surface area contributed by atoms with E-state index in [4.69, 9.17) is 18.5 Å². The molecule has 0 heterocycles. The minimum absolute atomic E-state index is 0.0328. The van der Waals surface area contributed by atoms with Crippen LogP contribution in [0.1, 0.15) is 174 Å². The first-order chi connectivity index (χ1) is 23.5. The standard InChI is InChI=1S/C39H76NO8P/c1-6-8-10-12-14-16-18-19-20-22-24-26-28-30-32-39(42)48-37(36-47-49(43,44)46-34-33-40(3,4)5)35-45-38(41)31-29-27-25-23-21-17-15-13-11-9-7-2/h18-19,37H,6-17,20-36H2,1-5H3/p+1/b19-18+/t37-/m0/s1. The van der Waals surface area contributed by atoms with Gasteiger partial charge in [-0.25, -0.2) is 4.57 Å². The van der Waals surface area contributed by atoms with Gasteiger partial charge in [0.2, 0.25) is 0 Å². The molecule has 0 rings (SSSR count). The summed E-state index contributed by atoms with van der Waals surface area (Å²) >= 11 is 0. The van der Waals surface area contributed by atoms with E-state index in [1.165, 1.54) is 89.9 Å². The summed E-state index contributed by atoms with van der Waals surface area (Å²) in [6.07, 6.45) is 31.1. The molecular weight excluding hydrogens is 641 g/mol. The lowest BCUT2D eigenvalue weighted by Crippen LogP contribution is -2.37. The van der Waals surface area contributed by atoms with Crippen LogP contribution in [0.2, 0.25) is 0 Å². The summed E-state index contributed by atoms with van der Waals surface area (Å²) in [6, 6.07) is 0. The molecule has 0 aliphatic heterocycles. The van der Waals surface area contributed by atoms with Gasteiger partial charge in [0.25, 0.3) is 0 Å². The van der Waals surface area contributed by atoms with E-state index in [2.05, 4.69) is 26.0 Å². The van der Waals surface area contributed by atoms with Crippen molar-refractivity contribution in [3.05, 3.63) is 12.2 Å². The Morgan fingerprint density at radius 1 is 0.612 bits per heavy atom. The normalized spacial score (nSPS) is 13.8. The summed E-state index contributed by atoms with van der Waals surface area (Å²) in [7, 11) is 1.48. The fourth-order valence-electron chi connectivity index (χ4n) is 5.36. The first-order valence-corrected chi connectivity index (χ1v) is 21.4. The van der Waals surface area contributed by atoms with Crippen LogP contribution in [0.5, 0.6) is 0 Å². The molecule has 1 unspecified atom stereocenters. The van der Waals surface area contributed by atoms with Crippen molar-refractivity contribution in [3.8, 4) is 0 Å². The molecule has 0 aromatic heterocycles. The first-order valence-electron chi connectivity index (χ1n) is 19.9. The molecule has 0 saturated heterocycles. The van der Waals surface area contributed by atoms with Gasteiger partial charge in [-0.05, 0) is 38.5 Å². The van der Waals surface area contributed by atoms with E-state index in [9.17, 15) is 19.0 Å². The summed E-state index contributed by atoms with van der Waals surface area (Å²) in [5.74, 6) is -0.805. The summed E-state index contributed by atoms with van der Waals surface area (Å²) in [5.41, 5.74) is 0. The number of ether oxygens (including phenoxy) is 2. The van der Waals surface area contributed by atoms with Gasteiger partial charge in [-0.15, -0.1) is 0 Å². The lowest BCUT2D eigenvalue weighted by atomic mass is 10.1. The number of hydrogen-bond acceptors (Lipinski definition) is 7. The molecule has 0 spiro atoms. The van der Waals surface area contributed by atoms with Gasteiger partial charge in [-0.1, -0.05) is 135 Å². The van der Waals surface area contributed by atoms with Gasteiger partial charge < -0.3 is 18.9 Å². The van der Waals surface area contributed by atoms with Crippen LogP contribution in [0.4, 0.5) is 0 Å². The fourth-order valence-corrected chi connectivity index (χ4v) is 6.10. The zero-order chi connectivity index (χ0) is 36.5. The Hall–Kier alpha value is -1.25. The smallest absolute Gasteiger partial charge is 0.462 e. The number of carbonyl (C=O) groups excluding carboxylic acids is 2. The predicted molar refractivity (Wildman–Crippen MR) is 201 cm³/mol. The Morgan fingerprint density at radius 2 is 1.04 bits per heavy atom. The quantitative estimate of drug-likeness (QED) is 0.0224. The van der Waals surface area contributed by atoms with Gasteiger partial charge in [-0.3, -0.25) is 18.6 Å². The number of rotatable bonds is 36. The lowest BCUT2D eigenvalue weighted by Gasteiger charge is -2.24. The van der Waals surface area contributed by atoms with Crippen LogP contribution in [-0.2, 0) is 32.7 Å². The van der Waals surface area contributed by atoms with Gasteiger partial charge in [0.15, 0.2) is 6.10 Å². The highest BCUT2D eigenvalue weighted by Crippen LogP contribution is 2.43. The van der Waals surface area contributed by atoms with Crippen LogP contribution < -0.4 is 0 Å². The molecule has 2 atom stereocenters. The Morgan fingerprint density at radius 3 is 1.51 bits per heavy atom. The van der Waals surface area contributed by atoms with Gasteiger partial charge in [-0.2, -0.15) is 0 Å². The van der Waals surface area contributed by atoms with Crippen LogP contribution in [-0.4, -0.2) is 74.9 Å². The van der Waals surface area contributed by atoms with Gasteiger partial charge >= 0.3 is 19.8 Å². The van der Waals surface area contributed by atoms with Crippen molar-refractivity contribution in [2.75, 3.05) is 47.5 Å². The molecule has 9 nitrogen and oxygen atoms in total. The minimum atomic E-state index is -4.36. The van der Waals surface area contributed by atoms with E-state index in [0.717, 1.165) is 51.4 Å². The molecular formula is C39H77NO8P+. The molecule has 0 aliphatic rings. The monoisotopic (exact) mass is 719 g/mol. The second-order valence-electron chi connectivity index (χ2n) is 14.7. The molecule has 0 fully saturated rings. The minimum Gasteiger partial charge on any atom is -0.462 e. The molecule has 10 heteroatoms. The van der Waals surface area contributed by atoms with E-state index >= 15 is 0 Å². The average molecular weight is 719 g/mol. The van der Waals surface area contributed by atoms with Crippen molar-refractivity contribution < 1.29 is 42.1 Å². The van der Waals surface area contributed by atoms with Gasteiger partial charge in [0.1, 0.15) is 19.8 Å². The summed E-state index contributed by atoms with van der Waals surface area (Å²) in [6.45, 7) is 4.39. The first kappa shape index (κ1) is 47.8. The number of phosphoric ester groups is 1. The van der Waals surface area contributed by atoms with E-state index in [-0.39, 0.29) is 25.6 Å². The van der Waals surface area contributed by atoms with Crippen LogP contribution in [0, 0.1) is 0 Å². The van der Waals surface area contributed by atoms with Gasteiger partial charge in [0.05, 0.1) is 27.7 Å². The molecule has 1 N–H and O–H groups in total. The second-order valence-corrected chi connectivity index (χ2v) is 16.1. The summed E-state index contributed by atoms with van der Waals surface area (Å²) < 4.78 is 34.2. The van der Waals surface area contributed by atoms with E-state index in [1.807, 2.05) is 21.1 Å². The van der Waals surface area contributed by atoms with Gasteiger partial charge in [0, 0.05) is 12.8 Å². The maximum absolute atomic E-state index is 12.6.